The van der Waals surface area contributed by atoms with E-state index in [0.717, 1.165) is 6.54 Å². The minimum absolute atomic E-state index is 0.0618. The molecule has 3 rings (SSSR count). The average molecular weight is 327 g/mol. The van der Waals surface area contributed by atoms with Crippen molar-refractivity contribution in [1.82, 2.24) is 10.2 Å². The molecule has 1 saturated carbocycles. The molecule has 0 unspecified atom stereocenters. The predicted octanol–water partition coefficient (Wildman–Crippen LogP) is 2.13. The average Bonchev–Trinajstić information content (AvgIpc) is 3.29. The highest BCUT2D eigenvalue weighted by Crippen LogP contribution is 2.21. The summed E-state index contributed by atoms with van der Waals surface area (Å²) in [6.07, 6.45) is 0.993. The van der Waals surface area contributed by atoms with Crippen molar-refractivity contribution in [1.29, 1.82) is 0 Å². The first-order chi connectivity index (χ1) is 10.6. The van der Waals surface area contributed by atoms with Crippen LogP contribution in [0.15, 0.2) is 30.3 Å². The third kappa shape index (κ3) is 5.48. The van der Waals surface area contributed by atoms with E-state index in [-0.39, 0.29) is 12.5 Å². The fraction of sp³-hybridized carbons (Fsp3) is 0.562. The summed E-state index contributed by atoms with van der Waals surface area (Å²) in [4.78, 5) is 11.9. The Hall–Kier alpha value is -1.30. The number of nitrogens with zero attached hydrogens (tertiary/aromatic N) is 1. The number of amides is 1. The lowest BCUT2D eigenvalue weighted by molar-refractivity contribution is 0.131. The van der Waals surface area contributed by atoms with Crippen LogP contribution in [0.4, 0.5) is 4.79 Å². The van der Waals surface area contributed by atoms with Gasteiger partial charge in [-0.25, -0.2) is 4.79 Å². The molecule has 1 aromatic rings. The number of benzene rings is 1. The van der Waals surface area contributed by atoms with Crippen LogP contribution < -0.4 is 5.32 Å². The first kappa shape index (κ1) is 17.1. The van der Waals surface area contributed by atoms with Crippen LogP contribution in [0.1, 0.15) is 18.4 Å². The Labute approximate surface area is 135 Å². The number of rotatable bonds is 4. The van der Waals surface area contributed by atoms with Crippen molar-refractivity contribution >= 4 is 17.7 Å². The second kappa shape index (κ2) is 8.36. The van der Waals surface area contributed by atoms with Gasteiger partial charge in [0, 0.05) is 30.9 Å². The zero-order valence-corrected chi connectivity index (χ0v) is 13.2. The number of hydrogen-bond acceptors (Lipinski definition) is 3. The van der Waals surface area contributed by atoms with Crippen molar-refractivity contribution in [2.75, 3.05) is 19.6 Å². The minimum atomic E-state index is -0.932. The first-order valence-corrected chi connectivity index (χ1v) is 8.12. The second-order valence-electron chi connectivity index (χ2n) is 5.82. The molecule has 0 spiro atoms. The highest BCUT2D eigenvalue weighted by molar-refractivity contribution is 6.17. The van der Waals surface area contributed by atoms with Crippen molar-refractivity contribution in [2.24, 2.45) is 5.92 Å². The number of nitrogens with one attached hydrogen (secondary N) is 1. The van der Waals surface area contributed by atoms with Gasteiger partial charge in [-0.15, -0.1) is 11.6 Å². The molecule has 1 aliphatic heterocycles. The molecule has 2 atom stereocenters. The van der Waals surface area contributed by atoms with Gasteiger partial charge in [0.25, 0.3) is 0 Å². The predicted molar refractivity (Wildman–Crippen MR) is 86.1 cm³/mol. The molecule has 0 bridgehead atoms. The van der Waals surface area contributed by atoms with Gasteiger partial charge in [-0.2, -0.15) is 0 Å². The number of aliphatic hydroxyl groups is 1. The van der Waals surface area contributed by atoms with Crippen LogP contribution in [0, 0.1) is 5.92 Å². The summed E-state index contributed by atoms with van der Waals surface area (Å²) in [5.74, 6) is 0.674. The van der Waals surface area contributed by atoms with Gasteiger partial charge >= 0.3 is 6.09 Å². The van der Waals surface area contributed by atoms with Gasteiger partial charge in [-0.05, 0) is 18.4 Å². The number of β-amino-alcohol motifs (C(OH)–C–C–N with tert-alkyl or cyclic N) is 1. The largest absolute Gasteiger partial charge is 0.465 e. The lowest BCUT2D eigenvalue weighted by atomic mass is 10.1. The van der Waals surface area contributed by atoms with Gasteiger partial charge in [0.15, 0.2) is 0 Å². The highest BCUT2D eigenvalue weighted by Gasteiger charge is 2.34. The third-order valence-electron chi connectivity index (χ3n) is 3.92. The van der Waals surface area contributed by atoms with Crippen molar-refractivity contribution in [2.45, 2.75) is 30.9 Å². The summed E-state index contributed by atoms with van der Waals surface area (Å²) in [6.45, 7) is 1.44. The number of carboxylic acid groups (broad SMARTS) is 1. The molecule has 0 aromatic heterocycles. The van der Waals surface area contributed by atoms with Gasteiger partial charge < -0.3 is 20.4 Å². The molecule has 1 saturated heterocycles. The summed E-state index contributed by atoms with van der Waals surface area (Å²) in [5, 5.41) is 21.6. The summed E-state index contributed by atoms with van der Waals surface area (Å²) >= 11 is 5.53. The Morgan fingerprint density at radius 1 is 1.27 bits per heavy atom. The Kier molecular flexibility index (Phi) is 6.49. The van der Waals surface area contributed by atoms with E-state index in [4.69, 9.17) is 16.7 Å². The second-order valence-corrected chi connectivity index (χ2v) is 6.08. The molecule has 5 nitrogen and oxygen atoms in total. The fourth-order valence-electron chi connectivity index (χ4n) is 2.38. The molecular formula is C16H23ClN2O3. The molecule has 1 amide bonds. The van der Waals surface area contributed by atoms with Crippen molar-refractivity contribution in [3.63, 3.8) is 0 Å². The quantitative estimate of drug-likeness (QED) is 0.741. The number of likely N-dealkylation sites (tertiary alicyclic amines) is 1. The molecule has 22 heavy (non-hydrogen) atoms. The normalized spacial score (nSPS) is 23.8. The molecule has 2 fully saturated rings. The first-order valence-electron chi connectivity index (χ1n) is 7.59. The third-order valence-corrected chi connectivity index (χ3v) is 4.23. The molecule has 1 heterocycles. The van der Waals surface area contributed by atoms with E-state index < -0.39 is 12.2 Å². The van der Waals surface area contributed by atoms with Gasteiger partial charge in [0.05, 0.1) is 12.6 Å². The van der Waals surface area contributed by atoms with Crippen LogP contribution in [0.25, 0.3) is 0 Å². The van der Waals surface area contributed by atoms with E-state index in [1.165, 1.54) is 23.3 Å². The van der Waals surface area contributed by atoms with E-state index in [1.807, 2.05) is 30.3 Å². The lowest BCUT2D eigenvalue weighted by Crippen LogP contribution is -2.31. The molecule has 2 aliphatic rings. The van der Waals surface area contributed by atoms with Crippen LogP contribution in [-0.4, -0.2) is 53.0 Å². The van der Waals surface area contributed by atoms with Gasteiger partial charge in [-0.3, -0.25) is 0 Å². The van der Waals surface area contributed by atoms with Gasteiger partial charge in [0.1, 0.15) is 0 Å². The lowest BCUT2D eigenvalue weighted by Gasteiger charge is -2.13. The van der Waals surface area contributed by atoms with Crippen LogP contribution in [0.2, 0.25) is 0 Å². The Balaban J connectivity index is 0.000000188. The number of hydrogen-bond donors (Lipinski definition) is 3. The van der Waals surface area contributed by atoms with Crippen LogP contribution in [0.3, 0.4) is 0 Å². The number of aliphatic hydroxyl groups excluding tert-OH is 1. The van der Waals surface area contributed by atoms with Crippen LogP contribution in [0.5, 0.6) is 0 Å². The maximum Gasteiger partial charge on any atom is 0.407 e. The molecule has 122 valence electrons. The zero-order valence-electron chi connectivity index (χ0n) is 12.5. The van der Waals surface area contributed by atoms with E-state index in [9.17, 15) is 9.90 Å². The standard InChI is InChI=1S/C9H16N2O3.C7H7Cl/c12-8-5-11(9(13)14)4-6(8)3-10-7-1-2-7;8-6-7-4-2-1-3-5-7/h6-8,10,12H,1-5H2,(H,13,14);1-5H,6H2/t6-,8-;/m1./s1. The zero-order chi connectivity index (χ0) is 15.9. The topological polar surface area (TPSA) is 72.8 Å². The van der Waals surface area contributed by atoms with Crippen molar-refractivity contribution < 1.29 is 15.0 Å². The maximum absolute atomic E-state index is 10.6. The Bertz CT molecular complexity index is 468. The van der Waals surface area contributed by atoms with E-state index in [0.29, 0.717) is 18.5 Å². The summed E-state index contributed by atoms with van der Waals surface area (Å²) in [7, 11) is 0. The maximum atomic E-state index is 10.6. The van der Waals surface area contributed by atoms with Crippen LogP contribution >= 0.6 is 11.6 Å². The van der Waals surface area contributed by atoms with E-state index >= 15 is 0 Å². The molecule has 6 heteroatoms. The number of halogens is 1. The number of alkyl halides is 1. The summed E-state index contributed by atoms with van der Waals surface area (Å²) < 4.78 is 0. The fourth-order valence-corrected chi connectivity index (χ4v) is 2.56. The molecular weight excluding hydrogens is 304 g/mol. The number of carbonyl (C=O) groups is 1. The monoisotopic (exact) mass is 326 g/mol. The summed E-state index contributed by atoms with van der Waals surface area (Å²) in [5.41, 5.74) is 1.18. The molecule has 3 N–H and O–H groups in total. The van der Waals surface area contributed by atoms with Gasteiger partial charge in [-0.1, -0.05) is 30.3 Å². The van der Waals surface area contributed by atoms with Crippen molar-refractivity contribution in [3.05, 3.63) is 35.9 Å². The molecule has 0 radical (unpaired) electrons. The molecule has 1 aliphatic carbocycles. The smallest absolute Gasteiger partial charge is 0.407 e. The minimum Gasteiger partial charge on any atom is -0.465 e. The van der Waals surface area contributed by atoms with E-state index in [2.05, 4.69) is 5.32 Å². The van der Waals surface area contributed by atoms with Crippen molar-refractivity contribution in [3.8, 4) is 0 Å². The molecule has 1 aromatic carbocycles. The summed E-state index contributed by atoms with van der Waals surface area (Å²) in [6, 6.07) is 10.6. The Morgan fingerprint density at radius 2 is 1.95 bits per heavy atom. The SMILES string of the molecule is ClCc1ccccc1.O=C(O)N1C[C@@H](CNC2CC2)[C@H](O)C1. The highest BCUT2D eigenvalue weighted by atomic mass is 35.5. The van der Waals surface area contributed by atoms with E-state index in [1.54, 1.807) is 0 Å². The van der Waals surface area contributed by atoms with Gasteiger partial charge in [0.2, 0.25) is 0 Å². The Morgan fingerprint density at radius 3 is 2.41 bits per heavy atom. The van der Waals surface area contributed by atoms with Crippen LogP contribution in [-0.2, 0) is 5.88 Å².